The second-order valence-electron chi connectivity index (χ2n) is 6.84. The van der Waals surface area contributed by atoms with E-state index in [2.05, 4.69) is 17.5 Å². The second kappa shape index (κ2) is 5.92. The van der Waals surface area contributed by atoms with Gasteiger partial charge in [0.1, 0.15) is 6.10 Å². The summed E-state index contributed by atoms with van der Waals surface area (Å²) in [7, 11) is 0. The van der Waals surface area contributed by atoms with E-state index in [0.29, 0.717) is 24.9 Å². The number of ether oxygens (including phenoxy) is 1. The first-order valence-electron chi connectivity index (χ1n) is 8.51. The van der Waals surface area contributed by atoms with E-state index < -0.39 is 6.09 Å². The van der Waals surface area contributed by atoms with Crippen LogP contribution in [0.3, 0.4) is 0 Å². The number of allylic oxidation sites excluding steroid dienone is 2. The number of hydrogen-bond donors (Lipinski definition) is 1. The molecule has 1 aromatic carbocycles. The predicted octanol–water partition coefficient (Wildman–Crippen LogP) is 2.32. The smallest absolute Gasteiger partial charge is 0.414 e. The molecule has 25 heavy (non-hydrogen) atoms. The molecule has 1 N–H and O–H groups in total. The largest absolute Gasteiger partial charge is 0.442 e. The van der Waals surface area contributed by atoms with E-state index in [9.17, 15) is 9.59 Å². The Hall–Kier alpha value is -2.81. The number of carbonyl (C=O) groups is 2. The fraction of sp³-hybridized carbons (Fsp3) is 0.421. The number of amides is 2. The molecule has 1 saturated carbocycles. The van der Waals surface area contributed by atoms with Gasteiger partial charge in [-0.1, -0.05) is 18.2 Å². The van der Waals surface area contributed by atoms with Crippen LogP contribution < -0.4 is 10.2 Å². The van der Waals surface area contributed by atoms with Crippen molar-refractivity contribution < 1.29 is 14.3 Å². The maximum atomic E-state index is 12.1. The number of nitriles is 1. The Morgan fingerprint density at radius 1 is 1.40 bits per heavy atom. The van der Waals surface area contributed by atoms with Crippen LogP contribution in [0, 0.1) is 29.1 Å². The first-order chi connectivity index (χ1) is 12.1. The van der Waals surface area contributed by atoms with Crippen LogP contribution in [0.2, 0.25) is 0 Å². The van der Waals surface area contributed by atoms with Gasteiger partial charge in [0, 0.05) is 18.5 Å². The molecule has 2 aliphatic carbocycles. The van der Waals surface area contributed by atoms with Crippen molar-refractivity contribution >= 4 is 23.3 Å². The summed E-state index contributed by atoms with van der Waals surface area (Å²) in [5.74, 6) is 0.915. The van der Waals surface area contributed by atoms with Crippen molar-refractivity contribution in [3.05, 3.63) is 35.9 Å². The Kier molecular flexibility index (Phi) is 3.72. The lowest BCUT2D eigenvalue weighted by Gasteiger charge is -2.14. The van der Waals surface area contributed by atoms with Crippen molar-refractivity contribution in [2.75, 3.05) is 18.0 Å². The monoisotopic (exact) mass is 337 g/mol. The van der Waals surface area contributed by atoms with Gasteiger partial charge in [-0.15, -0.1) is 0 Å². The number of rotatable bonds is 4. The molecule has 3 aliphatic rings. The van der Waals surface area contributed by atoms with Crippen molar-refractivity contribution in [2.45, 2.75) is 19.4 Å². The lowest BCUT2D eigenvalue weighted by atomic mass is 10.0. The number of hydrogen-bond acceptors (Lipinski definition) is 4. The van der Waals surface area contributed by atoms with E-state index in [-0.39, 0.29) is 17.9 Å². The van der Waals surface area contributed by atoms with Gasteiger partial charge in [-0.3, -0.25) is 9.69 Å². The van der Waals surface area contributed by atoms with Gasteiger partial charge >= 0.3 is 6.09 Å². The van der Waals surface area contributed by atoms with Crippen LogP contribution in [-0.2, 0) is 9.53 Å². The lowest BCUT2D eigenvalue weighted by Crippen LogP contribution is -2.33. The Morgan fingerprint density at radius 3 is 2.80 bits per heavy atom. The third-order valence-corrected chi connectivity index (χ3v) is 5.25. The van der Waals surface area contributed by atoms with Gasteiger partial charge in [0.05, 0.1) is 25.1 Å². The van der Waals surface area contributed by atoms with E-state index in [1.165, 1.54) is 12.5 Å². The molecule has 0 bridgehead atoms. The summed E-state index contributed by atoms with van der Waals surface area (Å²) in [5.41, 5.74) is 3.16. The maximum absolute atomic E-state index is 12.1. The van der Waals surface area contributed by atoms with Crippen LogP contribution >= 0.6 is 0 Å². The molecule has 0 aromatic heterocycles. The highest BCUT2D eigenvalue weighted by Crippen LogP contribution is 2.60. The summed E-state index contributed by atoms with van der Waals surface area (Å²) in [5, 5.41) is 11.8. The third-order valence-electron chi connectivity index (χ3n) is 5.25. The predicted molar refractivity (Wildman–Crippen MR) is 91.4 cm³/mol. The van der Waals surface area contributed by atoms with Crippen LogP contribution in [0.25, 0.3) is 5.57 Å². The standard InChI is InChI=1S/C19H19N3O3/c1-11(23)21-9-14-10-22(19(24)25-14)13-4-2-12(3-5-13)15-6-7-16-17(8-20)18(15)16/h2-6,14,16-18H,7,9-10H2,1H3,(H,21,23)/t14-,16+,17+,18+/m0/s1. The fourth-order valence-electron chi connectivity index (χ4n) is 3.91. The minimum atomic E-state index is -0.394. The molecule has 0 unspecified atom stereocenters. The van der Waals surface area contributed by atoms with Crippen molar-refractivity contribution in [2.24, 2.45) is 17.8 Å². The molecule has 0 spiro atoms. The van der Waals surface area contributed by atoms with E-state index in [4.69, 9.17) is 10.00 Å². The number of fused-ring (bicyclic) bond motifs is 1. The van der Waals surface area contributed by atoms with Crippen molar-refractivity contribution in [3.8, 4) is 6.07 Å². The SMILES string of the molecule is CC(=O)NC[C@H]1CN(c2ccc(C3=CC[C@@H]4[C@@H](C#N)[C@H]34)cc2)C(=O)O1. The first-order valence-corrected chi connectivity index (χ1v) is 8.51. The minimum absolute atomic E-state index is 0.141. The zero-order valence-corrected chi connectivity index (χ0v) is 13.9. The van der Waals surface area contributed by atoms with Gasteiger partial charge in [0.2, 0.25) is 5.91 Å². The number of nitrogens with one attached hydrogen (secondary N) is 1. The molecular weight excluding hydrogens is 318 g/mol. The Balaban J connectivity index is 1.43. The van der Waals surface area contributed by atoms with Gasteiger partial charge in [-0.25, -0.2) is 4.79 Å². The number of cyclic esters (lactones) is 1. The summed E-state index contributed by atoms with van der Waals surface area (Å²) in [6.45, 7) is 2.18. The Labute approximate surface area is 146 Å². The van der Waals surface area contributed by atoms with Gasteiger partial charge in [0.15, 0.2) is 0 Å². The topological polar surface area (TPSA) is 82.4 Å². The molecule has 2 amide bonds. The summed E-state index contributed by atoms with van der Waals surface area (Å²) >= 11 is 0. The highest BCUT2D eigenvalue weighted by molar-refractivity contribution is 5.90. The summed E-state index contributed by atoms with van der Waals surface area (Å²) in [4.78, 5) is 24.6. The normalized spacial score (nSPS) is 29.5. The molecule has 4 rings (SSSR count). The average Bonchev–Trinajstić information content (AvgIpc) is 2.93. The van der Waals surface area contributed by atoms with Crippen molar-refractivity contribution in [1.29, 1.82) is 5.26 Å². The van der Waals surface area contributed by atoms with E-state index in [1.807, 2.05) is 24.3 Å². The van der Waals surface area contributed by atoms with Crippen LogP contribution in [0.1, 0.15) is 18.9 Å². The zero-order chi connectivity index (χ0) is 17.6. The quantitative estimate of drug-likeness (QED) is 0.914. The van der Waals surface area contributed by atoms with Crippen molar-refractivity contribution in [3.63, 3.8) is 0 Å². The highest BCUT2D eigenvalue weighted by Gasteiger charge is 2.54. The van der Waals surface area contributed by atoms with Crippen LogP contribution in [0.15, 0.2) is 30.3 Å². The molecule has 4 atom stereocenters. The van der Waals surface area contributed by atoms with Crippen LogP contribution in [0.5, 0.6) is 0 Å². The minimum Gasteiger partial charge on any atom is -0.442 e. The molecular formula is C19H19N3O3. The molecule has 1 aromatic rings. The van der Waals surface area contributed by atoms with E-state index >= 15 is 0 Å². The molecule has 6 nitrogen and oxygen atoms in total. The van der Waals surface area contributed by atoms with Crippen LogP contribution in [0.4, 0.5) is 10.5 Å². The second-order valence-corrected chi connectivity index (χ2v) is 6.84. The molecule has 1 heterocycles. The summed E-state index contributed by atoms with van der Waals surface area (Å²) in [6, 6.07) is 10.2. The molecule has 6 heteroatoms. The molecule has 2 fully saturated rings. The number of anilines is 1. The molecule has 1 aliphatic heterocycles. The summed E-state index contributed by atoms with van der Waals surface area (Å²) in [6.07, 6.45) is 2.49. The number of nitrogens with zero attached hydrogens (tertiary/aromatic N) is 2. The first kappa shape index (κ1) is 15.7. The number of benzene rings is 1. The molecule has 0 radical (unpaired) electrons. The molecule has 128 valence electrons. The molecule has 1 saturated heterocycles. The zero-order valence-electron chi connectivity index (χ0n) is 13.9. The fourth-order valence-corrected chi connectivity index (χ4v) is 3.91. The Morgan fingerprint density at radius 2 is 2.16 bits per heavy atom. The third kappa shape index (κ3) is 2.76. The lowest BCUT2D eigenvalue weighted by molar-refractivity contribution is -0.119. The van der Waals surface area contributed by atoms with Gasteiger partial charge in [-0.2, -0.15) is 5.26 Å². The average molecular weight is 337 g/mol. The van der Waals surface area contributed by atoms with E-state index in [0.717, 1.165) is 17.7 Å². The highest BCUT2D eigenvalue weighted by atomic mass is 16.6. The van der Waals surface area contributed by atoms with E-state index in [1.54, 1.807) is 4.90 Å². The van der Waals surface area contributed by atoms with Gasteiger partial charge in [0.25, 0.3) is 0 Å². The number of carbonyl (C=O) groups excluding carboxylic acids is 2. The maximum Gasteiger partial charge on any atom is 0.414 e. The van der Waals surface area contributed by atoms with Crippen molar-refractivity contribution in [1.82, 2.24) is 5.32 Å². The van der Waals surface area contributed by atoms with Gasteiger partial charge < -0.3 is 10.1 Å². The van der Waals surface area contributed by atoms with Gasteiger partial charge in [-0.05, 0) is 35.6 Å². The Bertz CT molecular complexity index is 793. The summed E-state index contributed by atoms with van der Waals surface area (Å²) < 4.78 is 5.29. The van der Waals surface area contributed by atoms with Crippen LogP contribution in [-0.4, -0.2) is 31.2 Å².